The normalized spacial score (nSPS) is 15.0. The number of hydrogen-bond donors (Lipinski definition) is 2. The number of rotatable bonds is 5. The Hall–Kier alpha value is -3.92. The molecule has 35 heavy (non-hydrogen) atoms. The second-order valence-corrected chi connectivity index (χ2v) is 8.45. The van der Waals surface area contributed by atoms with Crippen LogP contribution in [0, 0.1) is 0 Å². The second kappa shape index (κ2) is 9.03. The molecule has 2 aromatic carbocycles. The molecule has 0 radical (unpaired) electrons. The lowest BCUT2D eigenvalue weighted by molar-refractivity contribution is -0.138. The summed E-state index contributed by atoms with van der Waals surface area (Å²) in [7, 11) is 0. The predicted octanol–water partition coefficient (Wildman–Crippen LogP) is 4.52. The first kappa shape index (κ1) is 22.9. The SMILES string of the molecule is O=C(O)CN1CCN(c2ccc(-c3ccc(-c4nc5ccc(C(F)(F)F)cc5[nH]4)cc3)cn2)CC1. The minimum Gasteiger partial charge on any atom is -0.480 e. The molecule has 0 saturated carbocycles. The van der Waals surface area contributed by atoms with Crippen LogP contribution in [0.2, 0.25) is 0 Å². The average molecular weight is 481 g/mol. The lowest BCUT2D eigenvalue weighted by Gasteiger charge is -2.34. The van der Waals surface area contributed by atoms with Gasteiger partial charge in [-0.25, -0.2) is 9.97 Å². The summed E-state index contributed by atoms with van der Waals surface area (Å²) in [5.41, 5.74) is 2.75. The number of H-pyrrole nitrogens is 1. The van der Waals surface area contributed by atoms with Crippen molar-refractivity contribution in [3.63, 3.8) is 0 Å². The summed E-state index contributed by atoms with van der Waals surface area (Å²) in [5.74, 6) is 0.532. The molecule has 2 aromatic heterocycles. The van der Waals surface area contributed by atoms with Crippen LogP contribution >= 0.6 is 0 Å². The highest BCUT2D eigenvalue weighted by Crippen LogP contribution is 2.32. The molecule has 4 aromatic rings. The lowest BCUT2D eigenvalue weighted by Crippen LogP contribution is -2.48. The van der Waals surface area contributed by atoms with Gasteiger partial charge in [-0.2, -0.15) is 13.2 Å². The summed E-state index contributed by atoms with van der Waals surface area (Å²) in [6.07, 6.45) is -2.60. The van der Waals surface area contributed by atoms with Crippen LogP contribution in [0.5, 0.6) is 0 Å². The van der Waals surface area contributed by atoms with E-state index in [1.165, 1.54) is 6.07 Å². The number of carbonyl (C=O) groups is 1. The topological polar surface area (TPSA) is 85.4 Å². The summed E-state index contributed by atoms with van der Waals surface area (Å²) in [5, 5.41) is 8.93. The van der Waals surface area contributed by atoms with Gasteiger partial charge in [-0.05, 0) is 35.9 Å². The fraction of sp³-hybridized carbons (Fsp3) is 0.240. The van der Waals surface area contributed by atoms with Gasteiger partial charge in [0.05, 0.1) is 23.1 Å². The molecular formula is C25H22F3N5O2. The summed E-state index contributed by atoms with van der Waals surface area (Å²) in [4.78, 5) is 26.9. The van der Waals surface area contributed by atoms with Gasteiger partial charge in [0.2, 0.25) is 0 Å². The van der Waals surface area contributed by atoms with Crippen LogP contribution in [-0.4, -0.2) is 63.7 Å². The Bertz CT molecular complexity index is 1340. The van der Waals surface area contributed by atoms with Gasteiger partial charge in [0.15, 0.2) is 0 Å². The number of benzene rings is 2. The van der Waals surface area contributed by atoms with Gasteiger partial charge in [-0.1, -0.05) is 24.3 Å². The number of piperazine rings is 1. The monoisotopic (exact) mass is 481 g/mol. The molecule has 10 heteroatoms. The van der Waals surface area contributed by atoms with Crippen LogP contribution in [0.3, 0.4) is 0 Å². The molecule has 1 saturated heterocycles. The number of carboxylic acid groups (broad SMARTS) is 1. The zero-order valence-corrected chi connectivity index (χ0v) is 18.6. The number of nitrogens with one attached hydrogen (secondary N) is 1. The quantitative estimate of drug-likeness (QED) is 0.436. The summed E-state index contributed by atoms with van der Waals surface area (Å²) < 4.78 is 38.9. The maximum Gasteiger partial charge on any atom is 0.416 e. The van der Waals surface area contributed by atoms with E-state index in [2.05, 4.69) is 19.9 Å². The number of aromatic nitrogens is 3. The van der Waals surface area contributed by atoms with E-state index in [9.17, 15) is 18.0 Å². The van der Waals surface area contributed by atoms with Gasteiger partial charge in [0.25, 0.3) is 0 Å². The van der Waals surface area contributed by atoms with Crippen LogP contribution < -0.4 is 4.90 Å². The van der Waals surface area contributed by atoms with Gasteiger partial charge in [0, 0.05) is 43.5 Å². The van der Waals surface area contributed by atoms with Crippen LogP contribution in [0.1, 0.15) is 5.56 Å². The van der Waals surface area contributed by atoms with E-state index in [-0.39, 0.29) is 6.54 Å². The number of aliphatic carboxylic acids is 1. The number of hydrogen-bond acceptors (Lipinski definition) is 5. The highest BCUT2D eigenvalue weighted by molar-refractivity contribution is 5.80. The Balaban J connectivity index is 1.28. The molecule has 0 atom stereocenters. The number of carboxylic acids is 1. The van der Waals surface area contributed by atoms with E-state index in [0.717, 1.165) is 47.7 Å². The Morgan fingerprint density at radius 1 is 0.943 bits per heavy atom. The number of halogens is 3. The van der Waals surface area contributed by atoms with Crippen LogP contribution in [-0.2, 0) is 11.0 Å². The van der Waals surface area contributed by atoms with E-state index in [4.69, 9.17) is 5.11 Å². The molecule has 3 heterocycles. The molecule has 1 aliphatic heterocycles. The Morgan fingerprint density at radius 3 is 2.26 bits per heavy atom. The van der Waals surface area contributed by atoms with E-state index < -0.39 is 17.7 Å². The van der Waals surface area contributed by atoms with Crippen molar-refractivity contribution in [2.24, 2.45) is 0 Å². The lowest BCUT2D eigenvalue weighted by atomic mass is 10.1. The minimum absolute atomic E-state index is 0.0544. The minimum atomic E-state index is -4.40. The molecule has 1 fully saturated rings. The number of aromatic amines is 1. The van der Waals surface area contributed by atoms with E-state index >= 15 is 0 Å². The molecule has 7 nitrogen and oxygen atoms in total. The smallest absolute Gasteiger partial charge is 0.416 e. The van der Waals surface area contributed by atoms with Crippen molar-refractivity contribution in [2.75, 3.05) is 37.6 Å². The van der Waals surface area contributed by atoms with E-state index in [0.29, 0.717) is 29.9 Å². The highest BCUT2D eigenvalue weighted by Gasteiger charge is 2.30. The van der Waals surface area contributed by atoms with Crippen molar-refractivity contribution < 1.29 is 23.1 Å². The molecule has 0 spiro atoms. The van der Waals surface area contributed by atoms with Crippen molar-refractivity contribution in [2.45, 2.75) is 6.18 Å². The third-order valence-corrected chi connectivity index (χ3v) is 6.10. The summed E-state index contributed by atoms with van der Waals surface area (Å²) in [6.45, 7) is 2.85. The molecule has 5 rings (SSSR count). The number of alkyl halides is 3. The largest absolute Gasteiger partial charge is 0.480 e. The van der Waals surface area contributed by atoms with Crippen molar-refractivity contribution >= 4 is 22.8 Å². The standard InChI is InChI=1S/C25H22F3N5O2/c26-25(27,28)19-6-7-20-21(13-19)31-24(30-20)17-3-1-16(2-4-17)18-5-8-22(29-14-18)33-11-9-32(10-12-33)15-23(34)35/h1-8,13-14H,9-12,15H2,(H,30,31)(H,34,35). The third kappa shape index (κ3) is 4.97. The van der Waals surface area contributed by atoms with E-state index in [1.54, 1.807) is 6.20 Å². The predicted molar refractivity (Wildman–Crippen MR) is 126 cm³/mol. The second-order valence-electron chi connectivity index (χ2n) is 8.45. The zero-order chi connectivity index (χ0) is 24.6. The van der Waals surface area contributed by atoms with Crippen molar-refractivity contribution in [3.8, 4) is 22.5 Å². The molecule has 2 N–H and O–H groups in total. The van der Waals surface area contributed by atoms with Crippen molar-refractivity contribution in [3.05, 3.63) is 66.4 Å². The van der Waals surface area contributed by atoms with Crippen LogP contribution in [0.25, 0.3) is 33.5 Å². The van der Waals surface area contributed by atoms with Crippen molar-refractivity contribution in [1.82, 2.24) is 19.9 Å². The molecule has 1 aliphatic rings. The molecule has 0 amide bonds. The highest BCUT2D eigenvalue weighted by atomic mass is 19.4. The molecule has 0 aliphatic carbocycles. The molecule has 0 unspecified atom stereocenters. The molecule has 0 bridgehead atoms. The maximum atomic E-state index is 13.0. The first-order chi connectivity index (χ1) is 16.8. The fourth-order valence-corrected chi connectivity index (χ4v) is 4.21. The maximum absolute atomic E-state index is 13.0. The third-order valence-electron chi connectivity index (χ3n) is 6.10. The molecular weight excluding hydrogens is 459 g/mol. The number of pyridine rings is 1. The first-order valence-electron chi connectivity index (χ1n) is 11.1. The van der Waals surface area contributed by atoms with Gasteiger partial charge in [-0.15, -0.1) is 0 Å². The van der Waals surface area contributed by atoms with Crippen LogP contribution in [0.15, 0.2) is 60.8 Å². The Kier molecular flexibility index (Phi) is 5.89. The molecule has 180 valence electrons. The number of anilines is 1. The number of imidazole rings is 1. The average Bonchev–Trinajstić information content (AvgIpc) is 3.28. The van der Waals surface area contributed by atoms with Crippen molar-refractivity contribution in [1.29, 1.82) is 0 Å². The fourth-order valence-electron chi connectivity index (χ4n) is 4.21. The summed E-state index contributed by atoms with van der Waals surface area (Å²) in [6, 6.07) is 15.0. The van der Waals surface area contributed by atoms with Gasteiger partial charge in [-0.3, -0.25) is 9.69 Å². The van der Waals surface area contributed by atoms with Crippen LogP contribution in [0.4, 0.5) is 19.0 Å². The zero-order valence-electron chi connectivity index (χ0n) is 18.6. The van der Waals surface area contributed by atoms with Gasteiger partial charge in [0.1, 0.15) is 11.6 Å². The number of nitrogens with zero attached hydrogens (tertiary/aromatic N) is 4. The van der Waals surface area contributed by atoms with E-state index in [1.807, 2.05) is 41.3 Å². The summed E-state index contributed by atoms with van der Waals surface area (Å²) >= 11 is 0. The Morgan fingerprint density at radius 2 is 1.63 bits per heavy atom. The Labute approximate surface area is 198 Å². The van der Waals surface area contributed by atoms with Gasteiger partial charge < -0.3 is 15.0 Å². The first-order valence-corrected chi connectivity index (χ1v) is 11.1. The van der Waals surface area contributed by atoms with Gasteiger partial charge >= 0.3 is 12.1 Å². The number of fused-ring (bicyclic) bond motifs is 1.